The molecule has 0 atom stereocenters. The largest absolute Gasteiger partial charge is 0.489 e. The van der Waals surface area contributed by atoms with E-state index in [1.54, 1.807) is 6.08 Å². The average Bonchev–Trinajstić information content (AvgIpc) is 2.43. The minimum absolute atomic E-state index is 0.0714. The van der Waals surface area contributed by atoms with Crippen LogP contribution in [0, 0.1) is 5.41 Å². The van der Waals surface area contributed by atoms with Gasteiger partial charge in [0.25, 0.3) is 0 Å². The summed E-state index contributed by atoms with van der Waals surface area (Å²) >= 11 is 0. The summed E-state index contributed by atoms with van der Waals surface area (Å²) in [5, 5.41) is 11.7. The lowest BCUT2D eigenvalue weighted by molar-refractivity contribution is -0.149. The van der Waals surface area contributed by atoms with Crippen LogP contribution in [0.3, 0.4) is 0 Å². The van der Waals surface area contributed by atoms with Crippen molar-refractivity contribution in [2.75, 3.05) is 6.61 Å². The van der Waals surface area contributed by atoms with Gasteiger partial charge in [0.2, 0.25) is 5.91 Å². The van der Waals surface area contributed by atoms with Crippen LogP contribution in [0.2, 0.25) is 0 Å². The lowest BCUT2D eigenvalue weighted by atomic mass is 9.89. The SMILES string of the molecule is C=CCOc1ccccc1CNC(=O)CC(C)(C)C(=O)O. The molecule has 0 unspecified atom stereocenters. The van der Waals surface area contributed by atoms with Gasteiger partial charge in [-0.3, -0.25) is 9.59 Å². The van der Waals surface area contributed by atoms with Gasteiger partial charge in [0.05, 0.1) is 5.41 Å². The number of carboxylic acid groups (broad SMARTS) is 1. The molecule has 0 radical (unpaired) electrons. The number of amides is 1. The molecule has 0 saturated heterocycles. The quantitative estimate of drug-likeness (QED) is 0.721. The first-order valence-corrected chi connectivity index (χ1v) is 6.68. The van der Waals surface area contributed by atoms with E-state index in [1.165, 1.54) is 13.8 Å². The van der Waals surface area contributed by atoms with Gasteiger partial charge in [-0.1, -0.05) is 30.9 Å². The molecule has 0 aliphatic rings. The van der Waals surface area contributed by atoms with Gasteiger partial charge in [-0.25, -0.2) is 0 Å². The number of ether oxygens (including phenoxy) is 1. The number of hydrogen-bond acceptors (Lipinski definition) is 3. The number of aliphatic carboxylic acids is 1. The highest BCUT2D eigenvalue weighted by molar-refractivity contribution is 5.84. The lowest BCUT2D eigenvalue weighted by Gasteiger charge is -2.18. The van der Waals surface area contributed by atoms with Crippen LogP contribution < -0.4 is 10.1 Å². The second kappa shape index (κ2) is 7.47. The predicted molar refractivity (Wildman–Crippen MR) is 80.0 cm³/mol. The zero-order chi connectivity index (χ0) is 15.9. The van der Waals surface area contributed by atoms with E-state index in [-0.39, 0.29) is 12.3 Å². The van der Waals surface area contributed by atoms with Crippen LogP contribution in [0.1, 0.15) is 25.8 Å². The van der Waals surface area contributed by atoms with Crippen molar-refractivity contribution >= 4 is 11.9 Å². The van der Waals surface area contributed by atoms with Gasteiger partial charge in [0, 0.05) is 18.5 Å². The standard InChI is InChI=1S/C16H21NO4/c1-4-9-21-13-8-6-5-7-12(13)11-17-14(18)10-16(2,3)15(19)20/h4-8H,1,9-11H2,2-3H3,(H,17,18)(H,19,20). The highest BCUT2D eigenvalue weighted by atomic mass is 16.5. The number of nitrogens with one attached hydrogen (secondary N) is 1. The molecule has 0 bridgehead atoms. The van der Waals surface area contributed by atoms with Crippen molar-refractivity contribution in [3.05, 3.63) is 42.5 Å². The van der Waals surface area contributed by atoms with Crippen LogP contribution in [-0.2, 0) is 16.1 Å². The van der Waals surface area contributed by atoms with Crippen LogP contribution in [0.5, 0.6) is 5.75 Å². The Morgan fingerprint density at radius 2 is 2.05 bits per heavy atom. The summed E-state index contributed by atoms with van der Waals surface area (Å²) in [6.07, 6.45) is 1.57. The maximum Gasteiger partial charge on any atom is 0.309 e. The van der Waals surface area contributed by atoms with E-state index in [9.17, 15) is 9.59 Å². The van der Waals surface area contributed by atoms with E-state index in [0.717, 1.165) is 5.56 Å². The molecule has 0 fully saturated rings. The Balaban J connectivity index is 2.61. The molecule has 114 valence electrons. The fraction of sp³-hybridized carbons (Fsp3) is 0.375. The van der Waals surface area contributed by atoms with Crippen LogP contribution in [-0.4, -0.2) is 23.6 Å². The molecule has 1 aromatic rings. The Labute approximate surface area is 124 Å². The van der Waals surface area contributed by atoms with Crippen LogP contribution in [0.4, 0.5) is 0 Å². The molecular weight excluding hydrogens is 270 g/mol. The molecule has 21 heavy (non-hydrogen) atoms. The Bertz CT molecular complexity index is 523. The van der Waals surface area contributed by atoms with Crippen molar-refractivity contribution in [3.63, 3.8) is 0 Å². The third-order valence-corrected chi connectivity index (χ3v) is 2.99. The number of para-hydroxylation sites is 1. The Hall–Kier alpha value is -2.30. The molecule has 2 N–H and O–H groups in total. The van der Waals surface area contributed by atoms with Gasteiger partial charge in [-0.15, -0.1) is 0 Å². The molecule has 1 rings (SSSR count). The van der Waals surface area contributed by atoms with E-state index in [1.807, 2.05) is 24.3 Å². The summed E-state index contributed by atoms with van der Waals surface area (Å²) in [5.41, 5.74) is -0.246. The highest BCUT2D eigenvalue weighted by Crippen LogP contribution is 2.21. The van der Waals surface area contributed by atoms with Crippen LogP contribution in [0.15, 0.2) is 36.9 Å². The second-order valence-corrected chi connectivity index (χ2v) is 5.35. The first-order chi connectivity index (χ1) is 9.86. The number of rotatable bonds is 8. The Morgan fingerprint density at radius 3 is 2.67 bits per heavy atom. The first-order valence-electron chi connectivity index (χ1n) is 6.68. The number of benzene rings is 1. The van der Waals surface area contributed by atoms with Crippen molar-refractivity contribution in [1.29, 1.82) is 0 Å². The minimum atomic E-state index is -1.08. The second-order valence-electron chi connectivity index (χ2n) is 5.35. The van der Waals surface area contributed by atoms with E-state index in [0.29, 0.717) is 18.9 Å². The summed E-state index contributed by atoms with van der Waals surface area (Å²) in [6, 6.07) is 7.36. The molecule has 5 heteroatoms. The van der Waals surface area contributed by atoms with Gasteiger partial charge in [-0.05, 0) is 19.9 Å². The molecule has 0 spiro atoms. The lowest BCUT2D eigenvalue weighted by Crippen LogP contribution is -2.33. The molecule has 0 aliphatic heterocycles. The summed E-state index contributed by atoms with van der Waals surface area (Å²) in [7, 11) is 0. The molecule has 1 amide bonds. The van der Waals surface area contributed by atoms with Crippen molar-refractivity contribution < 1.29 is 19.4 Å². The smallest absolute Gasteiger partial charge is 0.309 e. The molecule has 1 aromatic carbocycles. The van der Waals surface area contributed by atoms with Crippen molar-refractivity contribution in [2.24, 2.45) is 5.41 Å². The minimum Gasteiger partial charge on any atom is -0.489 e. The fourth-order valence-corrected chi connectivity index (χ4v) is 1.67. The molecule has 0 heterocycles. The van der Waals surface area contributed by atoms with Crippen LogP contribution in [0.25, 0.3) is 0 Å². The number of carbonyl (C=O) groups is 2. The van der Waals surface area contributed by atoms with Gasteiger partial charge < -0.3 is 15.2 Å². The predicted octanol–water partition coefficient (Wildman–Crippen LogP) is 2.37. The molecule has 0 saturated carbocycles. The summed E-state index contributed by atoms with van der Waals surface area (Å²) in [6.45, 7) is 7.31. The summed E-state index contributed by atoms with van der Waals surface area (Å²) < 4.78 is 5.49. The highest BCUT2D eigenvalue weighted by Gasteiger charge is 2.29. The summed E-state index contributed by atoms with van der Waals surface area (Å²) in [5.74, 6) is -0.622. The maximum atomic E-state index is 11.8. The third-order valence-electron chi connectivity index (χ3n) is 2.99. The molecule has 0 aromatic heterocycles. The Kier molecular flexibility index (Phi) is 5.96. The molecule has 5 nitrogen and oxygen atoms in total. The third kappa shape index (κ3) is 5.30. The maximum absolute atomic E-state index is 11.8. The van der Waals surface area contributed by atoms with Gasteiger partial charge in [-0.2, -0.15) is 0 Å². The van der Waals surface area contributed by atoms with Gasteiger partial charge in [0.1, 0.15) is 12.4 Å². The number of hydrogen-bond donors (Lipinski definition) is 2. The van der Waals surface area contributed by atoms with Crippen molar-refractivity contribution in [1.82, 2.24) is 5.32 Å². The molecular formula is C16H21NO4. The fourth-order valence-electron chi connectivity index (χ4n) is 1.67. The van der Waals surface area contributed by atoms with Gasteiger partial charge >= 0.3 is 5.97 Å². The van der Waals surface area contributed by atoms with E-state index in [4.69, 9.17) is 9.84 Å². The van der Waals surface area contributed by atoms with Crippen LogP contribution >= 0.6 is 0 Å². The zero-order valence-electron chi connectivity index (χ0n) is 12.4. The monoisotopic (exact) mass is 291 g/mol. The van der Waals surface area contributed by atoms with Crippen molar-refractivity contribution in [2.45, 2.75) is 26.8 Å². The van der Waals surface area contributed by atoms with E-state index < -0.39 is 11.4 Å². The van der Waals surface area contributed by atoms with Gasteiger partial charge in [0.15, 0.2) is 0 Å². The first kappa shape index (κ1) is 16.8. The van der Waals surface area contributed by atoms with E-state index in [2.05, 4.69) is 11.9 Å². The van der Waals surface area contributed by atoms with E-state index >= 15 is 0 Å². The summed E-state index contributed by atoms with van der Waals surface area (Å²) in [4.78, 5) is 22.8. The average molecular weight is 291 g/mol. The zero-order valence-corrected chi connectivity index (χ0v) is 12.4. The number of carbonyl (C=O) groups excluding carboxylic acids is 1. The Morgan fingerprint density at radius 1 is 1.38 bits per heavy atom. The number of carboxylic acids is 1. The normalized spacial score (nSPS) is 10.8. The molecule has 0 aliphatic carbocycles. The topological polar surface area (TPSA) is 75.6 Å². The van der Waals surface area contributed by atoms with Crippen molar-refractivity contribution in [3.8, 4) is 5.75 Å².